The van der Waals surface area contributed by atoms with Crippen LogP contribution in [0.5, 0.6) is 0 Å². The van der Waals surface area contributed by atoms with Gasteiger partial charge in [0.25, 0.3) is 0 Å². The van der Waals surface area contributed by atoms with Gasteiger partial charge >= 0.3 is 0 Å². The molecule has 41 heavy (non-hydrogen) atoms. The molecule has 0 nitrogen and oxygen atoms in total. The molecule has 0 aromatic heterocycles. The highest BCUT2D eigenvalue weighted by molar-refractivity contribution is 7.94. The van der Waals surface area contributed by atoms with Crippen LogP contribution in [0.4, 0.5) is 0 Å². The lowest BCUT2D eigenvalue weighted by atomic mass is 10.5. The number of hydrogen-bond donors (Lipinski definition) is 0. The van der Waals surface area contributed by atoms with Crippen molar-refractivity contribution >= 4 is 36.5 Å². The first-order valence-electron chi connectivity index (χ1n) is 18.3. The van der Waals surface area contributed by atoms with Crippen LogP contribution in [0.15, 0.2) is 0 Å². The van der Waals surface area contributed by atoms with Crippen LogP contribution in [0, 0.1) is 0 Å². The number of rotatable bonds is 16. The van der Waals surface area contributed by atoms with Gasteiger partial charge < -0.3 is 0 Å². The first-order chi connectivity index (χ1) is 18.3. The molecule has 0 bridgehead atoms. The fourth-order valence-electron chi connectivity index (χ4n) is 15.7. The van der Waals surface area contributed by atoms with Gasteiger partial charge in [0.05, 0.1) is 15.2 Å². The van der Waals surface area contributed by atoms with Crippen molar-refractivity contribution in [3.63, 3.8) is 0 Å². The van der Waals surface area contributed by atoms with Crippen molar-refractivity contribution in [3.05, 3.63) is 0 Å². The Hall–Kier alpha value is 1.08. The van der Waals surface area contributed by atoms with Crippen LogP contribution in [0.1, 0.15) is 166 Å². The van der Waals surface area contributed by atoms with Crippen molar-refractivity contribution in [1.82, 2.24) is 0 Å². The second kappa shape index (κ2) is 14.7. The molecule has 0 fully saturated rings. The summed E-state index contributed by atoms with van der Waals surface area (Å²) >= 11 is 0. The zero-order valence-corrected chi connectivity index (χ0v) is 38.4. The summed E-state index contributed by atoms with van der Waals surface area (Å²) in [5, 5.41) is 0. The van der Waals surface area contributed by atoms with Crippen molar-refractivity contribution in [2.75, 3.05) is 0 Å². The van der Waals surface area contributed by atoms with Crippen molar-refractivity contribution in [2.24, 2.45) is 0 Å². The van der Waals surface area contributed by atoms with Crippen molar-refractivity contribution in [2.45, 2.75) is 233 Å². The molecule has 248 valence electrons. The second-order valence-corrected chi connectivity index (χ2v) is 65.7. The second-order valence-electron chi connectivity index (χ2n) is 18.3. The normalized spacial score (nSPS) is 15.5. The Morgan fingerprint density at radius 2 is 0.293 bits per heavy atom. The maximum atomic E-state index is 2.84. The lowest BCUT2D eigenvalue weighted by Crippen LogP contribution is -2.97. The Morgan fingerprint density at radius 3 is 0.366 bits per heavy atom. The largest absolute Gasteiger partial charge is 0.0656 e. The average Bonchev–Trinajstić information content (AvgIpc) is 2.74. The summed E-state index contributed by atoms with van der Waals surface area (Å²) in [5.74, 6) is 0. The summed E-state index contributed by atoms with van der Waals surface area (Å²) in [6.45, 7) is 66.8. The molecule has 0 aliphatic carbocycles. The Labute approximate surface area is 268 Å². The van der Waals surface area contributed by atoms with Gasteiger partial charge in [-0.05, 0) is 0 Å². The van der Waals surface area contributed by atoms with E-state index in [2.05, 4.69) is 166 Å². The van der Waals surface area contributed by atoms with E-state index in [1.165, 1.54) is 0 Å². The monoisotopic (exact) mass is 657 g/mol. The Kier molecular flexibility index (Phi) is 15.1. The molecule has 0 atom stereocenters. The molecule has 0 saturated carbocycles. The fraction of sp³-hybridized carbons (Fsp3) is 1.00. The molecular formula is C36H84Si5. The van der Waals surface area contributed by atoms with Gasteiger partial charge in [-0.2, -0.15) is 0 Å². The van der Waals surface area contributed by atoms with E-state index in [1.54, 1.807) is 0 Å². The smallest absolute Gasteiger partial charge is 0.0531 e. The van der Waals surface area contributed by atoms with Gasteiger partial charge in [0, 0.05) is 21.3 Å². The summed E-state index contributed by atoms with van der Waals surface area (Å²) in [7, 11) is -9.57. The summed E-state index contributed by atoms with van der Waals surface area (Å²) in [6, 6.07) is 0. The molecule has 0 aliphatic rings. The van der Waals surface area contributed by atoms with E-state index in [0.717, 1.165) is 66.5 Å². The first kappa shape index (κ1) is 42.1. The molecule has 0 heterocycles. The van der Waals surface area contributed by atoms with Crippen LogP contribution in [0.25, 0.3) is 0 Å². The first-order valence-corrected chi connectivity index (χ1v) is 33.2. The zero-order chi connectivity index (χ0) is 33.4. The van der Waals surface area contributed by atoms with E-state index in [1.807, 2.05) is 0 Å². The van der Waals surface area contributed by atoms with E-state index in [9.17, 15) is 0 Å². The Bertz CT molecular complexity index is 660. The van der Waals surface area contributed by atoms with Crippen molar-refractivity contribution < 1.29 is 0 Å². The lowest BCUT2D eigenvalue weighted by Gasteiger charge is -2.79. The van der Waals surface area contributed by atoms with Crippen LogP contribution < -0.4 is 0 Å². The molecule has 0 radical (unpaired) electrons. The third-order valence-corrected chi connectivity index (χ3v) is 117. The van der Waals surface area contributed by atoms with Crippen LogP contribution >= 0.6 is 0 Å². The van der Waals surface area contributed by atoms with Gasteiger partial charge in [-0.1, -0.05) is 233 Å². The third-order valence-electron chi connectivity index (χ3n) is 14.0. The molecule has 5 heteroatoms. The highest BCUT2D eigenvalue weighted by atomic mass is 29.9. The minimum atomic E-state index is -2.01. The highest BCUT2D eigenvalue weighted by Crippen LogP contribution is 2.70. The van der Waals surface area contributed by atoms with E-state index >= 15 is 0 Å². The maximum absolute atomic E-state index is 2.84. The molecule has 0 aromatic rings. The predicted octanol–water partition coefficient (Wildman–Crippen LogP) is 14.5. The zero-order valence-electron chi connectivity index (χ0n) is 33.4. The maximum Gasteiger partial charge on any atom is 0.0531 e. The minimum absolute atomic E-state index is 0.850. The van der Waals surface area contributed by atoms with Gasteiger partial charge in [-0.3, -0.25) is 0 Å². The van der Waals surface area contributed by atoms with Gasteiger partial charge in [-0.15, -0.1) is 0 Å². The standard InChI is InChI=1S/C36H84Si5/c1-25(2)37(26(3)4,27(5)6)39(31(13)14,32(15)16)41(35(21)22,36(23)24)40(33(17)18,34(19)20)38(28(7)8,29(9)10)30(11)12/h25-36H,1-24H3. The molecule has 0 rings (SSSR count). The topological polar surface area (TPSA) is 0 Å². The van der Waals surface area contributed by atoms with E-state index in [0.29, 0.717) is 0 Å². The van der Waals surface area contributed by atoms with Gasteiger partial charge in [0.2, 0.25) is 0 Å². The molecular weight excluding hydrogens is 573 g/mol. The highest BCUT2D eigenvalue weighted by Gasteiger charge is 2.82. The average molecular weight is 657 g/mol. The summed E-state index contributed by atoms with van der Waals surface area (Å²) in [5.41, 5.74) is 10.3. The number of hydrogen-bond acceptors (Lipinski definition) is 0. The Morgan fingerprint density at radius 1 is 0.171 bits per heavy atom. The van der Waals surface area contributed by atoms with Crippen LogP contribution in [-0.4, -0.2) is 36.5 Å². The molecule has 0 aromatic carbocycles. The predicted molar refractivity (Wildman–Crippen MR) is 210 cm³/mol. The summed E-state index contributed by atoms with van der Waals surface area (Å²) in [6.07, 6.45) is 0. The molecule has 0 saturated heterocycles. The molecule has 0 N–H and O–H groups in total. The van der Waals surface area contributed by atoms with Gasteiger partial charge in [0.1, 0.15) is 0 Å². The van der Waals surface area contributed by atoms with Gasteiger partial charge in [-0.25, -0.2) is 0 Å². The van der Waals surface area contributed by atoms with E-state index in [-0.39, 0.29) is 0 Å². The van der Waals surface area contributed by atoms with Crippen LogP contribution in [0.2, 0.25) is 66.5 Å². The van der Waals surface area contributed by atoms with E-state index < -0.39 is 36.5 Å². The van der Waals surface area contributed by atoms with E-state index in [4.69, 9.17) is 0 Å². The quantitative estimate of drug-likeness (QED) is 0.145. The summed E-state index contributed by atoms with van der Waals surface area (Å²) in [4.78, 5) is 0. The van der Waals surface area contributed by atoms with Crippen LogP contribution in [0.3, 0.4) is 0 Å². The molecule has 0 spiro atoms. The minimum Gasteiger partial charge on any atom is -0.0656 e. The van der Waals surface area contributed by atoms with Gasteiger partial charge in [0.15, 0.2) is 0 Å². The van der Waals surface area contributed by atoms with Crippen molar-refractivity contribution in [3.8, 4) is 0 Å². The lowest BCUT2D eigenvalue weighted by molar-refractivity contribution is 0.800. The third kappa shape index (κ3) is 5.27. The fourth-order valence-corrected chi connectivity index (χ4v) is 187. The van der Waals surface area contributed by atoms with Crippen LogP contribution in [-0.2, 0) is 0 Å². The Balaban J connectivity index is 9.83. The molecule has 0 unspecified atom stereocenters. The SMILES string of the molecule is CC(C)[Si](C(C)C)(C(C)C)[Si](C(C)C)(C(C)C)[Si](C(C)C)(C(C)C)[Si](C(C)C)(C(C)C)[Si](C(C)C)(C(C)C)C(C)C. The van der Waals surface area contributed by atoms with Crippen molar-refractivity contribution in [1.29, 1.82) is 0 Å². The summed E-state index contributed by atoms with van der Waals surface area (Å²) < 4.78 is 0. The molecule has 0 amide bonds. The molecule has 0 aliphatic heterocycles.